The number of cyclic esters (lactones) is 1. The van der Waals surface area contributed by atoms with E-state index in [1.807, 2.05) is 37.3 Å². The van der Waals surface area contributed by atoms with Crippen molar-refractivity contribution in [1.82, 2.24) is 10.3 Å². The Hall–Kier alpha value is -3.67. The van der Waals surface area contributed by atoms with Crippen molar-refractivity contribution in [2.45, 2.75) is 38.7 Å². The molecule has 1 unspecified atom stereocenters. The van der Waals surface area contributed by atoms with E-state index in [2.05, 4.69) is 46.7 Å². The molecule has 1 aliphatic rings. The van der Waals surface area contributed by atoms with Gasteiger partial charge < -0.3 is 9.15 Å². The van der Waals surface area contributed by atoms with Crippen LogP contribution in [0.15, 0.2) is 65.1 Å². The number of hydrogen-bond donors (Lipinski definition) is 1. The number of rotatable bonds is 8. The van der Waals surface area contributed by atoms with E-state index in [0.29, 0.717) is 18.7 Å². The summed E-state index contributed by atoms with van der Waals surface area (Å²) in [6.45, 7) is 1.94. The molecule has 3 aromatic rings. The highest BCUT2D eigenvalue weighted by atomic mass is 16.6. The van der Waals surface area contributed by atoms with Crippen LogP contribution in [-0.2, 0) is 22.4 Å². The Bertz CT molecular complexity index is 1080. The summed E-state index contributed by atoms with van der Waals surface area (Å²) in [5, 5.41) is 2.15. The van der Waals surface area contributed by atoms with Crippen LogP contribution in [0.5, 0.6) is 0 Å². The number of allylic oxidation sites excluding steroid dienone is 1. The molecule has 0 saturated carbocycles. The van der Waals surface area contributed by atoms with Gasteiger partial charge in [0.25, 0.3) is 5.91 Å². The molecule has 0 aliphatic carbocycles. The predicted octanol–water partition coefficient (Wildman–Crippen LogP) is 4.86. The lowest BCUT2D eigenvalue weighted by molar-refractivity contribution is -0.123. The number of nitrogens with one attached hydrogen (secondary N) is 1. The van der Waals surface area contributed by atoms with E-state index in [-0.39, 0.29) is 5.91 Å². The normalized spacial score (nSPS) is 16.0. The van der Waals surface area contributed by atoms with E-state index < -0.39 is 12.2 Å². The minimum absolute atomic E-state index is 0.344. The molecular weight excluding hydrogens is 392 g/mol. The topological polar surface area (TPSA) is 81.4 Å². The van der Waals surface area contributed by atoms with Gasteiger partial charge in [0.2, 0.25) is 5.89 Å². The Balaban J connectivity index is 1.28. The molecule has 1 fully saturated rings. The molecule has 31 heavy (non-hydrogen) atoms. The zero-order valence-electron chi connectivity index (χ0n) is 17.3. The lowest BCUT2D eigenvalue weighted by Crippen LogP contribution is -2.24. The smallest absolute Gasteiger partial charge is 0.414 e. The third-order valence-electron chi connectivity index (χ3n) is 5.21. The molecule has 6 nitrogen and oxygen atoms in total. The molecule has 4 rings (SSSR count). The van der Waals surface area contributed by atoms with Crippen molar-refractivity contribution >= 4 is 18.1 Å². The molecule has 158 valence electrons. The van der Waals surface area contributed by atoms with E-state index in [1.165, 1.54) is 5.56 Å². The number of carbonyl (C=O) groups excluding carboxylic acids is 2. The average molecular weight is 416 g/mol. The Morgan fingerprint density at radius 3 is 2.55 bits per heavy atom. The van der Waals surface area contributed by atoms with Gasteiger partial charge in [0.1, 0.15) is 5.76 Å². The van der Waals surface area contributed by atoms with Crippen molar-refractivity contribution in [1.29, 1.82) is 0 Å². The molecular formula is C25H24N2O4. The highest BCUT2D eigenvalue weighted by Gasteiger charge is 2.31. The first-order valence-corrected chi connectivity index (χ1v) is 10.4. The molecule has 1 aliphatic heterocycles. The van der Waals surface area contributed by atoms with Crippen molar-refractivity contribution < 1.29 is 18.7 Å². The number of alkyl carbamates (subject to hydrolysis) is 1. The van der Waals surface area contributed by atoms with Crippen LogP contribution in [-0.4, -0.2) is 23.1 Å². The van der Waals surface area contributed by atoms with Crippen LogP contribution < -0.4 is 5.32 Å². The second-order valence-electron chi connectivity index (χ2n) is 7.51. The van der Waals surface area contributed by atoms with Crippen LogP contribution in [0.25, 0.3) is 17.5 Å². The monoisotopic (exact) mass is 416 g/mol. The standard InChI is InChI=1S/C25H24N2O4/c1-17-21(26-24(30-17)20-9-3-2-4-10-20)11-5-7-18-13-15-19(16-14-18)8-6-12-22-23(28)27-25(29)31-22/h2-5,7,9-10,13-16,22H,6,8,11-12H2,1H3,(H,27,28,29)/b7-5+. The Labute approximate surface area is 181 Å². The van der Waals surface area contributed by atoms with Crippen molar-refractivity contribution in [3.63, 3.8) is 0 Å². The third-order valence-corrected chi connectivity index (χ3v) is 5.21. The molecule has 1 aromatic heterocycles. The lowest BCUT2D eigenvalue weighted by atomic mass is 10.0. The van der Waals surface area contributed by atoms with Crippen LogP contribution >= 0.6 is 0 Å². The first-order chi connectivity index (χ1) is 15.1. The summed E-state index contributed by atoms with van der Waals surface area (Å²) in [6, 6.07) is 18.2. The number of hydrogen-bond acceptors (Lipinski definition) is 5. The zero-order chi connectivity index (χ0) is 21.6. The van der Waals surface area contributed by atoms with E-state index in [1.54, 1.807) is 0 Å². The van der Waals surface area contributed by atoms with Gasteiger partial charge in [-0.25, -0.2) is 9.78 Å². The molecule has 0 bridgehead atoms. The van der Waals surface area contributed by atoms with Crippen molar-refractivity contribution in [2.75, 3.05) is 0 Å². The number of aryl methyl sites for hydroxylation is 2. The molecule has 2 aromatic carbocycles. The predicted molar refractivity (Wildman–Crippen MR) is 117 cm³/mol. The third kappa shape index (κ3) is 5.28. The van der Waals surface area contributed by atoms with Crippen LogP contribution in [0, 0.1) is 6.92 Å². The van der Waals surface area contributed by atoms with Gasteiger partial charge in [0.15, 0.2) is 6.10 Å². The molecule has 2 amide bonds. The fraction of sp³-hybridized carbons (Fsp3) is 0.240. The minimum atomic E-state index is -0.655. The second-order valence-corrected chi connectivity index (χ2v) is 7.51. The van der Waals surface area contributed by atoms with Gasteiger partial charge in [-0.3, -0.25) is 10.1 Å². The largest absolute Gasteiger partial charge is 0.441 e. The highest BCUT2D eigenvalue weighted by Crippen LogP contribution is 2.22. The number of oxazole rings is 1. The molecule has 0 radical (unpaired) electrons. The summed E-state index contributed by atoms with van der Waals surface area (Å²) in [4.78, 5) is 27.1. The Morgan fingerprint density at radius 1 is 1.06 bits per heavy atom. The summed E-state index contributed by atoms with van der Waals surface area (Å²) < 4.78 is 10.7. The number of nitrogens with zero attached hydrogens (tertiary/aromatic N) is 1. The number of ether oxygens (including phenoxy) is 1. The average Bonchev–Trinajstić information content (AvgIpc) is 3.31. The van der Waals surface area contributed by atoms with Crippen molar-refractivity contribution in [3.8, 4) is 11.5 Å². The van der Waals surface area contributed by atoms with E-state index in [4.69, 9.17) is 9.15 Å². The van der Waals surface area contributed by atoms with Crippen LogP contribution in [0.2, 0.25) is 0 Å². The van der Waals surface area contributed by atoms with Gasteiger partial charge in [0.05, 0.1) is 5.69 Å². The molecule has 2 heterocycles. The summed E-state index contributed by atoms with van der Waals surface area (Å²) in [5.41, 5.74) is 4.20. The maximum absolute atomic E-state index is 11.5. The first kappa shape index (κ1) is 20.6. The first-order valence-electron chi connectivity index (χ1n) is 10.4. The summed E-state index contributed by atoms with van der Waals surface area (Å²) >= 11 is 0. The SMILES string of the molecule is Cc1oc(-c2ccccc2)nc1C/C=C/c1ccc(CCCC2OC(=O)NC2=O)cc1. The molecule has 0 spiro atoms. The Kier molecular flexibility index (Phi) is 6.26. The van der Waals surface area contributed by atoms with Crippen LogP contribution in [0.4, 0.5) is 4.79 Å². The van der Waals surface area contributed by atoms with Crippen molar-refractivity contribution in [2.24, 2.45) is 0 Å². The number of aromatic nitrogens is 1. The van der Waals surface area contributed by atoms with E-state index in [0.717, 1.165) is 35.4 Å². The molecule has 1 atom stereocenters. The summed E-state index contributed by atoms with van der Waals surface area (Å²) in [5.74, 6) is 1.14. The highest BCUT2D eigenvalue weighted by molar-refractivity contribution is 5.99. The number of benzene rings is 2. The number of carbonyl (C=O) groups is 2. The van der Waals surface area contributed by atoms with Crippen molar-refractivity contribution in [3.05, 3.63) is 83.3 Å². The second kappa shape index (κ2) is 9.43. The van der Waals surface area contributed by atoms with E-state index in [9.17, 15) is 9.59 Å². The Morgan fingerprint density at radius 2 is 1.84 bits per heavy atom. The van der Waals surface area contributed by atoms with Gasteiger partial charge in [-0.05, 0) is 49.4 Å². The maximum atomic E-state index is 11.5. The van der Waals surface area contributed by atoms with Gasteiger partial charge in [0, 0.05) is 12.0 Å². The van der Waals surface area contributed by atoms with Gasteiger partial charge in [-0.1, -0.05) is 54.6 Å². The fourth-order valence-corrected chi connectivity index (χ4v) is 3.50. The molecule has 6 heteroatoms. The summed E-state index contributed by atoms with van der Waals surface area (Å²) in [7, 11) is 0. The van der Waals surface area contributed by atoms with Gasteiger partial charge in [-0.2, -0.15) is 0 Å². The van der Waals surface area contributed by atoms with Crippen LogP contribution in [0.1, 0.15) is 35.4 Å². The van der Waals surface area contributed by atoms with Gasteiger partial charge >= 0.3 is 6.09 Å². The molecule has 1 saturated heterocycles. The quantitative estimate of drug-likeness (QED) is 0.567. The fourth-order valence-electron chi connectivity index (χ4n) is 3.50. The van der Waals surface area contributed by atoms with Gasteiger partial charge in [-0.15, -0.1) is 0 Å². The maximum Gasteiger partial charge on any atom is 0.414 e. The summed E-state index contributed by atoms with van der Waals surface area (Å²) in [6.07, 6.45) is 5.68. The lowest BCUT2D eigenvalue weighted by Gasteiger charge is -2.06. The minimum Gasteiger partial charge on any atom is -0.441 e. The van der Waals surface area contributed by atoms with Crippen LogP contribution in [0.3, 0.4) is 0 Å². The number of amides is 2. The molecule has 1 N–H and O–H groups in total. The zero-order valence-corrected chi connectivity index (χ0v) is 17.3. The number of imide groups is 1. The van der Waals surface area contributed by atoms with E-state index >= 15 is 0 Å².